The van der Waals surface area contributed by atoms with Gasteiger partial charge in [0.25, 0.3) is 5.19 Å². The zero-order chi connectivity index (χ0) is 17.9. The van der Waals surface area contributed by atoms with E-state index in [1.54, 1.807) is 18.4 Å². The van der Waals surface area contributed by atoms with Crippen molar-refractivity contribution in [3.8, 4) is 16.7 Å². The Hall–Kier alpha value is -2.71. The summed E-state index contributed by atoms with van der Waals surface area (Å²) in [7, 11) is 1.64. The highest BCUT2D eigenvalue weighted by Gasteiger charge is 2.19. The molecule has 1 aromatic carbocycles. The number of fused-ring (bicyclic) bond motifs is 1. The summed E-state index contributed by atoms with van der Waals surface area (Å²) < 4.78 is 11.0. The number of hydrogen-bond donors (Lipinski definition) is 1. The molecule has 3 aromatic rings. The van der Waals surface area contributed by atoms with Crippen molar-refractivity contribution in [2.75, 3.05) is 19.4 Å². The molecule has 2 aromatic heterocycles. The summed E-state index contributed by atoms with van der Waals surface area (Å²) in [5, 5.41) is 0.638. The van der Waals surface area contributed by atoms with E-state index in [0.717, 1.165) is 53.7 Å². The first-order valence-electron chi connectivity index (χ1n) is 8.29. The van der Waals surface area contributed by atoms with Gasteiger partial charge in [0.15, 0.2) is 0 Å². The van der Waals surface area contributed by atoms with Crippen LogP contribution in [-0.4, -0.2) is 33.5 Å². The summed E-state index contributed by atoms with van der Waals surface area (Å²) in [6, 6.07) is 7.47. The highest BCUT2D eigenvalue weighted by atomic mass is 32.1. The van der Waals surface area contributed by atoms with Gasteiger partial charge in [-0.25, -0.2) is 15.0 Å². The number of nitrogens with two attached hydrogens (primary N) is 1. The Balaban J connectivity index is 1.38. The molecule has 4 rings (SSSR count). The second-order valence-electron chi connectivity index (χ2n) is 6.03. The summed E-state index contributed by atoms with van der Waals surface area (Å²) in [5.74, 6) is 1.89. The zero-order valence-electron chi connectivity index (χ0n) is 14.4. The molecule has 2 N–H and O–H groups in total. The smallest absolute Gasteiger partial charge is 0.278 e. The molecule has 0 saturated heterocycles. The van der Waals surface area contributed by atoms with Gasteiger partial charge in [0.1, 0.15) is 11.5 Å². The normalized spacial score (nSPS) is 14.0. The van der Waals surface area contributed by atoms with Crippen molar-refractivity contribution in [1.29, 1.82) is 0 Å². The molecule has 0 fully saturated rings. The van der Waals surface area contributed by atoms with Crippen molar-refractivity contribution in [3.63, 3.8) is 0 Å². The number of methoxy groups -OCH3 is 1. The Morgan fingerprint density at radius 2 is 1.96 bits per heavy atom. The van der Waals surface area contributed by atoms with Crippen LogP contribution in [0.5, 0.6) is 16.7 Å². The average molecular weight is 369 g/mol. The topological polar surface area (TPSA) is 86.4 Å². The minimum atomic E-state index is 0.347. The number of nitrogens with zero attached hydrogens (tertiary/aromatic N) is 4. The van der Waals surface area contributed by atoms with E-state index in [2.05, 4.69) is 19.9 Å². The molecule has 8 heteroatoms. The molecule has 134 valence electrons. The zero-order valence-corrected chi connectivity index (χ0v) is 15.2. The maximum atomic E-state index is 5.82. The number of benzene rings is 1. The monoisotopic (exact) mass is 369 g/mol. The van der Waals surface area contributed by atoms with Crippen LogP contribution in [0.4, 0.5) is 5.95 Å². The Morgan fingerprint density at radius 3 is 2.77 bits per heavy atom. The summed E-state index contributed by atoms with van der Waals surface area (Å²) in [6.45, 7) is 2.59. The molecular weight excluding hydrogens is 350 g/mol. The van der Waals surface area contributed by atoms with E-state index in [-0.39, 0.29) is 0 Å². The van der Waals surface area contributed by atoms with Crippen molar-refractivity contribution in [2.24, 2.45) is 0 Å². The van der Waals surface area contributed by atoms with Crippen LogP contribution < -0.4 is 15.2 Å². The Bertz CT molecular complexity index is 897. The second kappa shape index (κ2) is 7.27. The lowest BCUT2D eigenvalue weighted by Gasteiger charge is -2.27. The molecule has 0 radical (unpaired) electrons. The molecule has 0 spiro atoms. The minimum absolute atomic E-state index is 0.347. The summed E-state index contributed by atoms with van der Waals surface area (Å²) in [4.78, 5) is 16.3. The highest BCUT2D eigenvalue weighted by molar-refractivity contribution is 7.13. The molecule has 0 unspecified atom stereocenters. The number of thiazole rings is 1. The summed E-state index contributed by atoms with van der Waals surface area (Å²) in [5.41, 5.74) is 7.86. The maximum Gasteiger partial charge on any atom is 0.278 e. The summed E-state index contributed by atoms with van der Waals surface area (Å²) >= 11 is 1.56. The Labute approximate surface area is 155 Å². The van der Waals surface area contributed by atoms with Gasteiger partial charge < -0.3 is 15.2 Å². The van der Waals surface area contributed by atoms with E-state index in [9.17, 15) is 0 Å². The molecular formula is C18H19N5O2S. The number of anilines is 1. The molecule has 26 heavy (non-hydrogen) atoms. The number of ether oxygens (including phenoxy) is 2. The van der Waals surface area contributed by atoms with Gasteiger partial charge in [-0.2, -0.15) is 0 Å². The quantitative estimate of drug-likeness (QED) is 0.740. The molecule has 7 nitrogen and oxygen atoms in total. The van der Waals surface area contributed by atoms with Crippen LogP contribution in [-0.2, 0) is 19.5 Å². The van der Waals surface area contributed by atoms with Gasteiger partial charge in [0.2, 0.25) is 5.95 Å². The van der Waals surface area contributed by atoms with E-state index in [4.69, 9.17) is 15.2 Å². The first-order valence-corrected chi connectivity index (χ1v) is 9.10. The minimum Gasteiger partial charge on any atom is -0.497 e. The molecule has 0 atom stereocenters. The SMILES string of the molecule is COc1ccc(Oc2ncc(CN3CCc4nc(N)ncc4C3)s2)cc1. The lowest BCUT2D eigenvalue weighted by molar-refractivity contribution is 0.245. The largest absolute Gasteiger partial charge is 0.497 e. The predicted molar refractivity (Wildman–Crippen MR) is 99.4 cm³/mol. The number of aromatic nitrogens is 3. The lowest BCUT2D eigenvalue weighted by Crippen LogP contribution is -2.30. The molecule has 1 aliphatic rings. The van der Waals surface area contributed by atoms with Crippen LogP contribution in [0.3, 0.4) is 0 Å². The Kier molecular flexibility index (Phi) is 4.68. The third-order valence-electron chi connectivity index (χ3n) is 4.21. The third-order valence-corrected chi connectivity index (χ3v) is 5.07. The van der Waals surface area contributed by atoms with Crippen LogP contribution >= 0.6 is 11.3 Å². The van der Waals surface area contributed by atoms with Crippen molar-refractivity contribution in [3.05, 3.63) is 52.8 Å². The van der Waals surface area contributed by atoms with E-state index in [0.29, 0.717) is 11.1 Å². The third kappa shape index (κ3) is 3.76. The van der Waals surface area contributed by atoms with E-state index in [1.807, 2.05) is 36.7 Å². The number of rotatable bonds is 5. The lowest BCUT2D eigenvalue weighted by atomic mass is 10.1. The van der Waals surface area contributed by atoms with Gasteiger partial charge in [-0.05, 0) is 24.3 Å². The number of hydrogen-bond acceptors (Lipinski definition) is 8. The molecule has 3 heterocycles. The van der Waals surface area contributed by atoms with E-state index in [1.165, 1.54) is 0 Å². The fourth-order valence-corrected chi connectivity index (χ4v) is 3.72. The van der Waals surface area contributed by atoms with Gasteiger partial charge in [-0.3, -0.25) is 4.90 Å². The molecule has 0 bridgehead atoms. The number of nitrogen functional groups attached to an aromatic ring is 1. The summed E-state index contributed by atoms with van der Waals surface area (Å²) in [6.07, 6.45) is 4.59. The van der Waals surface area contributed by atoms with Crippen LogP contribution in [0.2, 0.25) is 0 Å². The van der Waals surface area contributed by atoms with Crippen molar-refractivity contribution in [1.82, 2.24) is 19.9 Å². The van der Waals surface area contributed by atoms with Crippen LogP contribution in [0.25, 0.3) is 0 Å². The van der Waals surface area contributed by atoms with Crippen molar-refractivity contribution in [2.45, 2.75) is 19.5 Å². The van der Waals surface area contributed by atoms with Crippen LogP contribution in [0, 0.1) is 0 Å². The molecule has 0 aliphatic carbocycles. The Morgan fingerprint density at radius 1 is 1.15 bits per heavy atom. The van der Waals surface area contributed by atoms with Gasteiger partial charge in [-0.1, -0.05) is 11.3 Å². The molecule has 0 saturated carbocycles. The predicted octanol–water partition coefficient (Wildman–Crippen LogP) is 2.87. The highest BCUT2D eigenvalue weighted by Crippen LogP contribution is 2.29. The van der Waals surface area contributed by atoms with E-state index >= 15 is 0 Å². The second-order valence-corrected chi connectivity index (χ2v) is 7.11. The van der Waals surface area contributed by atoms with E-state index < -0.39 is 0 Å². The fourth-order valence-electron chi connectivity index (χ4n) is 2.90. The first kappa shape index (κ1) is 16.7. The molecule has 1 aliphatic heterocycles. The van der Waals surface area contributed by atoms with Crippen LogP contribution in [0.1, 0.15) is 16.1 Å². The van der Waals surface area contributed by atoms with Crippen molar-refractivity contribution >= 4 is 17.3 Å². The van der Waals surface area contributed by atoms with Gasteiger partial charge >= 0.3 is 0 Å². The average Bonchev–Trinajstić information content (AvgIpc) is 3.09. The maximum absolute atomic E-state index is 5.82. The molecule has 0 amide bonds. The standard InChI is InChI=1S/C18H19N5O2S/c1-24-13-2-4-14(5-3-13)25-18-21-9-15(26-18)11-23-7-6-16-12(10-23)8-20-17(19)22-16/h2-5,8-9H,6-7,10-11H2,1H3,(H2,19,20,22). The van der Waals surface area contributed by atoms with Gasteiger partial charge in [0.05, 0.1) is 12.8 Å². The van der Waals surface area contributed by atoms with Crippen molar-refractivity contribution < 1.29 is 9.47 Å². The fraction of sp³-hybridized carbons (Fsp3) is 0.278. The van der Waals surface area contributed by atoms with Gasteiger partial charge in [-0.15, -0.1) is 0 Å². The first-order chi connectivity index (χ1) is 12.7. The van der Waals surface area contributed by atoms with Gasteiger partial charge in [0, 0.05) is 48.9 Å². The van der Waals surface area contributed by atoms with Crippen LogP contribution in [0.15, 0.2) is 36.7 Å².